The van der Waals surface area contributed by atoms with Gasteiger partial charge in [0.25, 0.3) is 0 Å². The lowest BCUT2D eigenvalue weighted by Gasteiger charge is -2.40. The van der Waals surface area contributed by atoms with E-state index < -0.39 is 37.3 Å². The van der Waals surface area contributed by atoms with Gasteiger partial charge in [-0.05, 0) is 35.7 Å². The average molecular weight is 399 g/mol. The summed E-state index contributed by atoms with van der Waals surface area (Å²) in [6.07, 6.45) is -3.47. The van der Waals surface area contributed by atoms with E-state index in [1.807, 2.05) is 54.7 Å². The number of methoxy groups -OCH3 is 1. The van der Waals surface area contributed by atoms with Crippen LogP contribution in [-0.2, 0) is 11.2 Å². The summed E-state index contributed by atoms with van der Waals surface area (Å²) in [5.41, 5.74) is 2.96. The lowest BCUT2D eigenvalue weighted by atomic mass is 9.98. The predicted octanol–water partition coefficient (Wildman–Crippen LogP) is 1.21. The number of aliphatic hydroxyl groups excluding tert-OH is 4. The number of benzene rings is 2. The van der Waals surface area contributed by atoms with Gasteiger partial charge in [0.15, 0.2) is 6.23 Å². The van der Waals surface area contributed by atoms with Crippen LogP contribution >= 0.6 is 0 Å². The van der Waals surface area contributed by atoms with E-state index in [1.165, 1.54) is 0 Å². The summed E-state index contributed by atoms with van der Waals surface area (Å²) in [7, 11) is 1.63. The summed E-state index contributed by atoms with van der Waals surface area (Å²) < 4.78 is 12.7. The monoisotopic (exact) mass is 399 g/mol. The number of aliphatic hydroxyl groups is 4. The fourth-order valence-electron chi connectivity index (χ4n) is 3.90. The van der Waals surface area contributed by atoms with E-state index in [-0.39, 0.29) is 0 Å². The van der Waals surface area contributed by atoms with Gasteiger partial charge in [-0.15, -0.1) is 0 Å². The second-order valence-corrected chi connectivity index (χ2v) is 7.32. The van der Waals surface area contributed by atoms with Crippen LogP contribution in [0.5, 0.6) is 5.75 Å². The Labute approximate surface area is 168 Å². The molecule has 154 valence electrons. The highest BCUT2D eigenvalue weighted by atomic mass is 16.6. The minimum absolute atomic E-state index is 0.459. The third kappa shape index (κ3) is 3.63. The van der Waals surface area contributed by atoms with Crippen LogP contribution in [0.15, 0.2) is 54.7 Å². The van der Waals surface area contributed by atoms with E-state index in [1.54, 1.807) is 11.7 Å². The Bertz CT molecular complexity index is 967. The Morgan fingerprint density at radius 3 is 2.38 bits per heavy atom. The number of nitrogens with zero attached hydrogens (tertiary/aromatic N) is 1. The number of hydrogen-bond donors (Lipinski definition) is 4. The largest absolute Gasteiger partial charge is 0.497 e. The number of aromatic nitrogens is 1. The van der Waals surface area contributed by atoms with Crippen molar-refractivity contribution >= 4 is 10.9 Å². The molecule has 29 heavy (non-hydrogen) atoms. The van der Waals surface area contributed by atoms with Crippen molar-refractivity contribution in [2.75, 3.05) is 13.7 Å². The second kappa shape index (κ2) is 8.14. The van der Waals surface area contributed by atoms with Crippen LogP contribution < -0.4 is 4.74 Å². The first-order valence-corrected chi connectivity index (χ1v) is 9.55. The summed E-state index contributed by atoms with van der Waals surface area (Å²) in [5, 5.41) is 41.3. The maximum atomic E-state index is 10.5. The van der Waals surface area contributed by atoms with Gasteiger partial charge >= 0.3 is 0 Å². The smallest absolute Gasteiger partial charge is 0.163 e. The number of fused-ring (bicyclic) bond motifs is 1. The Morgan fingerprint density at radius 2 is 1.69 bits per heavy atom. The highest BCUT2D eigenvalue weighted by Crippen LogP contribution is 2.34. The van der Waals surface area contributed by atoms with E-state index in [4.69, 9.17) is 9.47 Å². The molecule has 1 fully saturated rings. The molecule has 1 aliphatic heterocycles. The molecule has 4 N–H and O–H groups in total. The lowest BCUT2D eigenvalue weighted by molar-refractivity contribution is -0.250. The third-order valence-corrected chi connectivity index (χ3v) is 5.52. The molecule has 0 bridgehead atoms. The summed E-state index contributed by atoms with van der Waals surface area (Å²) in [6, 6.07) is 15.6. The standard InChI is InChI=1S/C22H25NO6/c1-28-15-8-6-13(7-9-15)10-14-11-23(17-5-3-2-4-16(14)17)22-21(27)20(26)19(25)18(12-24)29-22/h2-9,11,18-22,24-27H,10,12H2,1H3/t18-,19-,20+,21-,22-/m1/s1. The second-order valence-electron chi connectivity index (χ2n) is 7.32. The fraction of sp³-hybridized carbons (Fsp3) is 0.364. The first-order valence-electron chi connectivity index (χ1n) is 9.55. The van der Waals surface area contributed by atoms with Gasteiger partial charge in [0.2, 0.25) is 0 Å². The molecule has 1 aromatic heterocycles. The van der Waals surface area contributed by atoms with Crippen molar-refractivity contribution < 1.29 is 29.9 Å². The Hall–Kier alpha value is -2.42. The van der Waals surface area contributed by atoms with Crippen molar-refractivity contribution in [1.82, 2.24) is 4.57 Å². The molecular weight excluding hydrogens is 374 g/mol. The van der Waals surface area contributed by atoms with E-state index >= 15 is 0 Å². The highest BCUT2D eigenvalue weighted by molar-refractivity contribution is 5.84. The zero-order valence-electron chi connectivity index (χ0n) is 16.0. The van der Waals surface area contributed by atoms with Gasteiger partial charge < -0.3 is 34.5 Å². The quantitative estimate of drug-likeness (QED) is 0.514. The molecule has 1 saturated heterocycles. The minimum atomic E-state index is -1.42. The van der Waals surface area contributed by atoms with Crippen LogP contribution in [0.3, 0.4) is 0 Å². The number of hydrogen-bond acceptors (Lipinski definition) is 6. The molecule has 7 nitrogen and oxygen atoms in total. The molecule has 2 aromatic carbocycles. The SMILES string of the molecule is COc1ccc(Cc2cn([C@@H]3O[C@H](CO)[C@@H](O)[C@H](O)[C@H]3O)c3ccccc23)cc1. The summed E-state index contributed by atoms with van der Waals surface area (Å²) in [6.45, 7) is -0.459. The van der Waals surface area contributed by atoms with E-state index in [0.29, 0.717) is 6.42 Å². The lowest BCUT2D eigenvalue weighted by Crippen LogP contribution is -2.56. The first-order chi connectivity index (χ1) is 14.0. The van der Waals surface area contributed by atoms with Crippen LogP contribution in [0.1, 0.15) is 17.4 Å². The molecule has 7 heteroatoms. The molecular formula is C22H25NO6. The van der Waals surface area contributed by atoms with Gasteiger partial charge in [0.1, 0.15) is 30.2 Å². The van der Waals surface area contributed by atoms with Crippen molar-refractivity contribution in [3.63, 3.8) is 0 Å². The molecule has 1 aliphatic rings. The van der Waals surface area contributed by atoms with Crippen LogP contribution in [0.25, 0.3) is 10.9 Å². The van der Waals surface area contributed by atoms with Crippen molar-refractivity contribution in [2.45, 2.75) is 37.1 Å². The summed E-state index contributed by atoms with van der Waals surface area (Å²) >= 11 is 0. The Balaban J connectivity index is 1.72. The molecule has 0 spiro atoms. The molecule has 0 unspecified atom stereocenters. The molecule has 0 saturated carbocycles. The van der Waals surface area contributed by atoms with Crippen molar-refractivity contribution in [3.05, 3.63) is 65.9 Å². The van der Waals surface area contributed by atoms with Gasteiger partial charge in [-0.3, -0.25) is 0 Å². The fourth-order valence-corrected chi connectivity index (χ4v) is 3.90. The topological polar surface area (TPSA) is 104 Å². The van der Waals surface area contributed by atoms with Gasteiger partial charge in [-0.1, -0.05) is 30.3 Å². The third-order valence-electron chi connectivity index (χ3n) is 5.52. The van der Waals surface area contributed by atoms with Crippen molar-refractivity contribution in [3.8, 4) is 5.75 Å². The summed E-state index contributed by atoms with van der Waals surface area (Å²) in [5.74, 6) is 0.789. The maximum absolute atomic E-state index is 10.5. The Kier molecular flexibility index (Phi) is 5.58. The van der Waals surface area contributed by atoms with Gasteiger partial charge in [0, 0.05) is 11.6 Å². The summed E-state index contributed by atoms with van der Waals surface area (Å²) in [4.78, 5) is 0. The molecule has 3 aromatic rings. The molecule has 0 aliphatic carbocycles. The zero-order chi connectivity index (χ0) is 20.5. The van der Waals surface area contributed by atoms with Crippen molar-refractivity contribution in [1.29, 1.82) is 0 Å². The molecule has 2 heterocycles. The minimum Gasteiger partial charge on any atom is -0.497 e. The maximum Gasteiger partial charge on any atom is 0.163 e. The number of rotatable bonds is 5. The van der Waals surface area contributed by atoms with Gasteiger partial charge in [-0.2, -0.15) is 0 Å². The molecule has 5 atom stereocenters. The number of para-hydroxylation sites is 1. The van der Waals surface area contributed by atoms with E-state index in [2.05, 4.69) is 0 Å². The van der Waals surface area contributed by atoms with Crippen LogP contribution in [-0.4, -0.2) is 63.1 Å². The van der Waals surface area contributed by atoms with E-state index in [9.17, 15) is 20.4 Å². The highest BCUT2D eigenvalue weighted by Gasteiger charge is 2.44. The first kappa shape index (κ1) is 19.9. The normalized spacial score (nSPS) is 27.3. The van der Waals surface area contributed by atoms with Crippen LogP contribution in [0.2, 0.25) is 0 Å². The zero-order valence-corrected chi connectivity index (χ0v) is 16.0. The van der Waals surface area contributed by atoms with Gasteiger partial charge in [-0.25, -0.2) is 0 Å². The molecule has 0 radical (unpaired) electrons. The number of ether oxygens (including phenoxy) is 2. The average Bonchev–Trinajstić information content (AvgIpc) is 3.11. The molecule has 4 rings (SSSR count). The van der Waals surface area contributed by atoms with Crippen LogP contribution in [0.4, 0.5) is 0 Å². The van der Waals surface area contributed by atoms with Crippen molar-refractivity contribution in [2.24, 2.45) is 0 Å². The predicted molar refractivity (Wildman–Crippen MR) is 107 cm³/mol. The van der Waals surface area contributed by atoms with Gasteiger partial charge in [0.05, 0.1) is 19.2 Å². The van der Waals surface area contributed by atoms with E-state index in [0.717, 1.165) is 27.8 Å². The molecule has 0 amide bonds. The van der Waals surface area contributed by atoms with Crippen LogP contribution in [0, 0.1) is 0 Å². The Morgan fingerprint density at radius 1 is 0.966 bits per heavy atom.